The lowest BCUT2D eigenvalue weighted by atomic mass is 9.62. The van der Waals surface area contributed by atoms with E-state index in [4.69, 9.17) is 10.8 Å². The van der Waals surface area contributed by atoms with E-state index in [1.807, 2.05) is 6.07 Å². The average Bonchev–Trinajstić information content (AvgIpc) is 2.82. The molecule has 3 rings (SSSR count). The van der Waals surface area contributed by atoms with Crippen LogP contribution in [0.15, 0.2) is 16.5 Å². The number of rotatable bonds is 1. The molecule has 2 aliphatic carbocycles. The molecule has 0 atom stereocenters. The van der Waals surface area contributed by atoms with Crippen molar-refractivity contribution >= 4 is 5.71 Å². The van der Waals surface area contributed by atoms with Crippen LogP contribution in [0.25, 0.3) is 0 Å². The highest BCUT2D eigenvalue weighted by Gasteiger charge is 2.65. The monoisotopic (exact) mass is 322 g/mol. The normalized spacial score (nSPS) is 25.0. The highest BCUT2D eigenvalue weighted by atomic mass is 15.5. The molecule has 0 unspecified atom stereocenters. The molecule has 6 nitrogen and oxygen atoms in total. The van der Waals surface area contributed by atoms with Gasteiger partial charge in [0.15, 0.2) is 0 Å². The third-order valence-corrected chi connectivity index (χ3v) is 5.76. The molecule has 1 aliphatic heterocycles. The molecule has 0 saturated heterocycles. The quantitative estimate of drug-likeness (QED) is 0.797. The zero-order valence-corrected chi connectivity index (χ0v) is 13.9. The Hall–Kier alpha value is -2.52. The molecule has 3 aliphatic rings. The summed E-state index contributed by atoms with van der Waals surface area (Å²) >= 11 is 0. The molecule has 0 amide bonds. The van der Waals surface area contributed by atoms with Crippen LogP contribution in [0.3, 0.4) is 0 Å². The van der Waals surface area contributed by atoms with Gasteiger partial charge in [0.2, 0.25) is 5.41 Å². The summed E-state index contributed by atoms with van der Waals surface area (Å²) in [6, 6.07) is 6.35. The fourth-order valence-corrected chi connectivity index (χ4v) is 4.48. The van der Waals surface area contributed by atoms with Gasteiger partial charge in [0.25, 0.3) is 0 Å². The Morgan fingerprint density at radius 3 is 2.04 bits per heavy atom. The van der Waals surface area contributed by atoms with Gasteiger partial charge in [0.1, 0.15) is 23.0 Å². The van der Waals surface area contributed by atoms with Crippen LogP contribution in [0, 0.1) is 39.4 Å². The summed E-state index contributed by atoms with van der Waals surface area (Å²) in [5.74, 6) is 0.195. The van der Waals surface area contributed by atoms with E-state index in [0.29, 0.717) is 12.8 Å². The summed E-state index contributed by atoms with van der Waals surface area (Å²) < 4.78 is 0. The van der Waals surface area contributed by atoms with Gasteiger partial charge in [-0.15, -0.1) is 0 Å². The summed E-state index contributed by atoms with van der Waals surface area (Å²) in [6.07, 6.45) is 9.50. The van der Waals surface area contributed by atoms with Crippen LogP contribution in [-0.2, 0) is 0 Å². The van der Waals surface area contributed by atoms with Crippen LogP contribution >= 0.6 is 0 Å². The number of nitrogens with two attached hydrogens (primary N) is 1. The molecule has 0 radical (unpaired) electrons. The van der Waals surface area contributed by atoms with Crippen LogP contribution in [0.5, 0.6) is 0 Å². The lowest BCUT2D eigenvalue weighted by Crippen LogP contribution is -2.54. The largest absolute Gasteiger partial charge is 0.383 e. The summed E-state index contributed by atoms with van der Waals surface area (Å²) in [6.45, 7) is 0. The molecule has 1 spiro atoms. The standard InChI is InChI=1S/C18H22N6/c19-11-15-16(22)24(23-14-7-3-1-4-8-14)18(9-5-2-6-10-18)17(15,12-20)13-21/h1-10,22H2. The van der Waals surface area contributed by atoms with Crippen molar-refractivity contribution < 1.29 is 0 Å². The first-order valence-corrected chi connectivity index (χ1v) is 8.74. The van der Waals surface area contributed by atoms with Gasteiger partial charge in [-0.3, -0.25) is 0 Å². The van der Waals surface area contributed by atoms with Gasteiger partial charge in [-0.25, -0.2) is 5.01 Å². The summed E-state index contributed by atoms with van der Waals surface area (Å²) in [5, 5.41) is 35.9. The fourth-order valence-electron chi connectivity index (χ4n) is 4.48. The number of hydrazone groups is 1. The zero-order valence-electron chi connectivity index (χ0n) is 13.9. The number of nitrogens with zero attached hydrogens (tertiary/aromatic N) is 5. The summed E-state index contributed by atoms with van der Waals surface area (Å²) in [4.78, 5) is 0. The second kappa shape index (κ2) is 6.17. The van der Waals surface area contributed by atoms with E-state index in [1.54, 1.807) is 5.01 Å². The van der Waals surface area contributed by atoms with Crippen molar-refractivity contribution in [1.82, 2.24) is 5.01 Å². The van der Waals surface area contributed by atoms with Crippen molar-refractivity contribution in [1.29, 1.82) is 15.8 Å². The first-order valence-electron chi connectivity index (χ1n) is 8.74. The molecule has 0 aromatic heterocycles. The molecular weight excluding hydrogens is 300 g/mol. The van der Waals surface area contributed by atoms with Crippen LogP contribution in [-0.4, -0.2) is 16.3 Å². The highest BCUT2D eigenvalue weighted by Crippen LogP contribution is 2.56. The number of nitriles is 3. The smallest absolute Gasteiger partial charge is 0.206 e. The van der Waals surface area contributed by atoms with Crippen molar-refractivity contribution in [2.45, 2.75) is 69.7 Å². The second-order valence-corrected chi connectivity index (χ2v) is 6.98. The number of hydrogen-bond donors (Lipinski definition) is 1. The van der Waals surface area contributed by atoms with Crippen molar-refractivity contribution in [2.24, 2.45) is 16.3 Å². The molecular formula is C18H22N6. The minimum absolute atomic E-state index is 0.0783. The maximum Gasteiger partial charge on any atom is 0.206 e. The summed E-state index contributed by atoms with van der Waals surface area (Å²) in [7, 11) is 0. The van der Waals surface area contributed by atoms with Crippen LogP contribution in [0.4, 0.5) is 0 Å². The van der Waals surface area contributed by atoms with Gasteiger partial charge in [0.05, 0.1) is 12.1 Å². The van der Waals surface area contributed by atoms with E-state index in [0.717, 1.165) is 50.7 Å². The topological polar surface area (TPSA) is 113 Å². The predicted molar refractivity (Wildman–Crippen MR) is 88.7 cm³/mol. The highest BCUT2D eigenvalue weighted by molar-refractivity contribution is 5.85. The van der Waals surface area contributed by atoms with E-state index in [9.17, 15) is 15.8 Å². The zero-order chi connectivity index (χ0) is 17.2. The number of hydrogen-bond acceptors (Lipinski definition) is 6. The minimum Gasteiger partial charge on any atom is -0.383 e. The summed E-state index contributed by atoms with van der Waals surface area (Å²) in [5.41, 5.74) is 5.08. The van der Waals surface area contributed by atoms with Crippen molar-refractivity contribution in [3.8, 4) is 18.2 Å². The third kappa shape index (κ3) is 2.09. The van der Waals surface area contributed by atoms with Crippen molar-refractivity contribution in [3.63, 3.8) is 0 Å². The van der Waals surface area contributed by atoms with E-state index >= 15 is 0 Å². The van der Waals surface area contributed by atoms with E-state index in [2.05, 4.69) is 12.1 Å². The Labute approximate surface area is 142 Å². The second-order valence-electron chi connectivity index (χ2n) is 6.98. The molecule has 0 bridgehead atoms. The van der Waals surface area contributed by atoms with Gasteiger partial charge in [0, 0.05) is 5.71 Å². The van der Waals surface area contributed by atoms with E-state index in [1.165, 1.54) is 6.42 Å². The van der Waals surface area contributed by atoms with E-state index < -0.39 is 11.0 Å². The SMILES string of the molecule is N#CC1=C(N)N(N=C2CCCCC2)C2(CCCCC2)C1(C#N)C#N. The average molecular weight is 322 g/mol. The Bertz CT molecular complexity index is 683. The first-order chi connectivity index (χ1) is 11.6. The van der Waals surface area contributed by atoms with Crippen LogP contribution in [0.1, 0.15) is 64.2 Å². The van der Waals surface area contributed by atoms with Gasteiger partial charge >= 0.3 is 0 Å². The Morgan fingerprint density at radius 1 is 0.917 bits per heavy atom. The Morgan fingerprint density at radius 2 is 1.50 bits per heavy atom. The molecule has 0 aromatic carbocycles. The predicted octanol–water partition coefficient (Wildman–Crippen LogP) is 3.05. The Balaban J connectivity index is 2.15. The lowest BCUT2D eigenvalue weighted by molar-refractivity contribution is 0.0574. The molecule has 24 heavy (non-hydrogen) atoms. The van der Waals surface area contributed by atoms with Gasteiger partial charge in [-0.2, -0.15) is 20.9 Å². The molecule has 124 valence electrons. The Kier molecular flexibility index (Phi) is 4.20. The van der Waals surface area contributed by atoms with Crippen LogP contribution in [0.2, 0.25) is 0 Å². The maximum atomic E-state index is 9.89. The third-order valence-electron chi connectivity index (χ3n) is 5.76. The van der Waals surface area contributed by atoms with Crippen molar-refractivity contribution in [2.75, 3.05) is 0 Å². The van der Waals surface area contributed by atoms with Gasteiger partial charge in [-0.05, 0) is 38.5 Å². The minimum atomic E-state index is -1.52. The molecule has 0 aromatic rings. The molecule has 2 N–H and O–H groups in total. The van der Waals surface area contributed by atoms with E-state index in [-0.39, 0.29) is 11.4 Å². The molecule has 1 heterocycles. The molecule has 6 heteroatoms. The molecule has 2 saturated carbocycles. The molecule has 2 fully saturated rings. The maximum absolute atomic E-state index is 9.89. The van der Waals surface area contributed by atoms with Crippen LogP contribution < -0.4 is 5.73 Å². The fraction of sp³-hybridized carbons (Fsp3) is 0.667. The van der Waals surface area contributed by atoms with Crippen molar-refractivity contribution in [3.05, 3.63) is 11.4 Å². The first kappa shape index (κ1) is 16.3. The van der Waals surface area contributed by atoms with Gasteiger partial charge in [-0.1, -0.05) is 25.7 Å². The van der Waals surface area contributed by atoms with Gasteiger partial charge < -0.3 is 5.73 Å². The lowest BCUT2D eigenvalue weighted by Gasteiger charge is -2.45.